The standard InChI is InChI=1S/C11H19N3S3/c1-8(2)11-10(17-14-13-11)5-12-9-6-15-3-4-16-7-9/h8-9,12H,3-7H2,1-2H3. The molecule has 96 valence electrons. The van der Waals surface area contributed by atoms with Crippen LogP contribution in [0.5, 0.6) is 0 Å². The van der Waals surface area contributed by atoms with Crippen LogP contribution in [0, 0.1) is 0 Å². The summed E-state index contributed by atoms with van der Waals surface area (Å²) in [4.78, 5) is 1.30. The highest BCUT2D eigenvalue weighted by molar-refractivity contribution is 8.03. The van der Waals surface area contributed by atoms with Crippen LogP contribution >= 0.6 is 35.1 Å². The molecule has 6 heteroatoms. The summed E-state index contributed by atoms with van der Waals surface area (Å²) >= 11 is 5.66. The molecule has 0 saturated carbocycles. The van der Waals surface area contributed by atoms with Crippen LogP contribution in [0.3, 0.4) is 0 Å². The molecule has 0 spiro atoms. The molecule has 0 radical (unpaired) electrons. The van der Waals surface area contributed by atoms with Gasteiger partial charge < -0.3 is 5.32 Å². The Morgan fingerprint density at radius 2 is 2.00 bits per heavy atom. The molecule has 0 unspecified atom stereocenters. The minimum Gasteiger partial charge on any atom is -0.307 e. The zero-order valence-electron chi connectivity index (χ0n) is 10.3. The molecule has 1 saturated heterocycles. The monoisotopic (exact) mass is 289 g/mol. The third-order valence-electron chi connectivity index (χ3n) is 2.69. The van der Waals surface area contributed by atoms with E-state index in [0.717, 1.165) is 12.2 Å². The van der Waals surface area contributed by atoms with E-state index in [9.17, 15) is 0 Å². The van der Waals surface area contributed by atoms with Crippen LogP contribution in [0.25, 0.3) is 0 Å². The van der Waals surface area contributed by atoms with E-state index >= 15 is 0 Å². The molecular formula is C11H19N3S3. The number of hydrogen-bond donors (Lipinski definition) is 1. The Morgan fingerprint density at radius 1 is 1.29 bits per heavy atom. The van der Waals surface area contributed by atoms with E-state index in [2.05, 4.69) is 52.3 Å². The van der Waals surface area contributed by atoms with Crippen LogP contribution in [-0.2, 0) is 6.54 Å². The lowest BCUT2D eigenvalue weighted by atomic mass is 10.1. The average molecular weight is 289 g/mol. The Labute approximate surface area is 116 Å². The van der Waals surface area contributed by atoms with E-state index in [0.29, 0.717) is 12.0 Å². The van der Waals surface area contributed by atoms with Gasteiger partial charge in [-0.05, 0) is 17.5 Å². The molecule has 0 aliphatic carbocycles. The maximum absolute atomic E-state index is 4.22. The van der Waals surface area contributed by atoms with Crippen molar-refractivity contribution >= 4 is 35.1 Å². The molecule has 1 aliphatic heterocycles. The number of nitrogens with zero attached hydrogens (tertiary/aromatic N) is 2. The van der Waals surface area contributed by atoms with E-state index in [-0.39, 0.29) is 0 Å². The molecule has 2 rings (SSSR count). The third kappa shape index (κ3) is 4.12. The fourth-order valence-electron chi connectivity index (χ4n) is 1.75. The molecule has 1 aromatic heterocycles. The highest BCUT2D eigenvalue weighted by Gasteiger charge is 2.15. The lowest BCUT2D eigenvalue weighted by Gasteiger charge is -2.15. The van der Waals surface area contributed by atoms with Gasteiger partial charge in [0.1, 0.15) is 0 Å². The first-order valence-corrected chi connectivity index (χ1v) is 9.05. The minimum absolute atomic E-state index is 0.475. The summed E-state index contributed by atoms with van der Waals surface area (Å²) < 4.78 is 4.07. The van der Waals surface area contributed by atoms with Crippen LogP contribution in [0.2, 0.25) is 0 Å². The van der Waals surface area contributed by atoms with Crippen LogP contribution in [0.4, 0.5) is 0 Å². The van der Waals surface area contributed by atoms with Gasteiger partial charge in [-0.2, -0.15) is 23.5 Å². The van der Waals surface area contributed by atoms with Crippen molar-refractivity contribution in [1.29, 1.82) is 0 Å². The second kappa shape index (κ2) is 6.97. The van der Waals surface area contributed by atoms with E-state index in [4.69, 9.17) is 0 Å². The van der Waals surface area contributed by atoms with Gasteiger partial charge in [0.2, 0.25) is 0 Å². The van der Waals surface area contributed by atoms with Gasteiger partial charge in [-0.15, -0.1) is 5.10 Å². The molecule has 1 aliphatic rings. The number of nitrogens with one attached hydrogen (secondary N) is 1. The van der Waals surface area contributed by atoms with Gasteiger partial charge in [0.05, 0.1) is 10.6 Å². The van der Waals surface area contributed by atoms with Crippen molar-refractivity contribution in [3.8, 4) is 0 Å². The summed E-state index contributed by atoms with van der Waals surface area (Å²) in [6.07, 6.45) is 0. The van der Waals surface area contributed by atoms with Gasteiger partial charge in [0, 0.05) is 35.6 Å². The highest BCUT2D eigenvalue weighted by atomic mass is 32.2. The molecular weight excluding hydrogens is 270 g/mol. The Hall–Kier alpha value is 0.220. The summed E-state index contributed by atoms with van der Waals surface area (Å²) in [5.74, 6) is 5.53. The quantitative estimate of drug-likeness (QED) is 0.922. The molecule has 1 aromatic rings. The predicted molar refractivity (Wildman–Crippen MR) is 79.3 cm³/mol. The SMILES string of the molecule is CC(C)c1nnsc1CNC1CSCCSC1. The first-order valence-electron chi connectivity index (χ1n) is 5.97. The molecule has 0 amide bonds. The van der Waals surface area contributed by atoms with E-state index in [1.54, 1.807) is 0 Å². The lowest BCUT2D eigenvalue weighted by Crippen LogP contribution is -2.32. The lowest BCUT2D eigenvalue weighted by molar-refractivity contribution is 0.602. The minimum atomic E-state index is 0.475. The second-order valence-electron chi connectivity index (χ2n) is 4.46. The first kappa shape index (κ1) is 13.6. The topological polar surface area (TPSA) is 37.8 Å². The van der Waals surface area contributed by atoms with Gasteiger partial charge in [0.25, 0.3) is 0 Å². The van der Waals surface area contributed by atoms with Crippen molar-refractivity contribution in [2.75, 3.05) is 23.0 Å². The average Bonchev–Trinajstić information content (AvgIpc) is 2.63. The molecule has 1 N–H and O–H groups in total. The fourth-order valence-corrected chi connectivity index (χ4v) is 4.96. The number of rotatable bonds is 4. The Kier molecular flexibility index (Phi) is 5.59. The molecule has 2 heterocycles. The molecule has 0 aromatic carbocycles. The van der Waals surface area contributed by atoms with Crippen LogP contribution in [0.15, 0.2) is 0 Å². The van der Waals surface area contributed by atoms with Crippen molar-refractivity contribution in [3.63, 3.8) is 0 Å². The van der Waals surface area contributed by atoms with Crippen LogP contribution in [0.1, 0.15) is 30.3 Å². The van der Waals surface area contributed by atoms with Gasteiger partial charge >= 0.3 is 0 Å². The molecule has 3 nitrogen and oxygen atoms in total. The normalized spacial score (nSPS) is 18.5. The van der Waals surface area contributed by atoms with Crippen LogP contribution < -0.4 is 5.32 Å². The zero-order valence-corrected chi connectivity index (χ0v) is 12.8. The van der Waals surface area contributed by atoms with E-state index in [1.807, 2.05) is 0 Å². The van der Waals surface area contributed by atoms with Crippen molar-refractivity contribution < 1.29 is 0 Å². The molecule has 0 atom stereocenters. The van der Waals surface area contributed by atoms with Crippen molar-refractivity contribution in [2.24, 2.45) is 0 Å². The van der Waals surface area contributed by atoms with Crippen molar-refractivity contribution in [3.05, 3.63) is 10.6 Å². The molecule has 0 bridgehead atoms. The van der Waals surface area contributed by atoms with E-state index < -0.39 is 0 Å². The molecule has 17 heavy (non-hydrogen) atoms. The summed E-state index contributed by atoms with van der Waals surface area (Å²) in [5, 5.41) is 7.86. The first-order chi connectivity index (χ1) is 8.27. The second-order valence-corrected chi connectivity index (χ2v) is 7.60. The Morgan fingerprint density at radius 3 is 2.65 bits per heavy atom. The smallest absolute Gasteiger partial charge is 0.0826 e. The number of thioether (sulfide) groups is 2. The van der Waals surface area contributed by atoms with Gasteiger partial charge in [-0.1, -0.05) is 18.3 Å². The van der Waals surface area contributed by atoms with Crippen LogP contribution in [-0.4, -0.2) is 38.6 Å². The van der Waals surface area contributed by atoms with Crippen molar-refractivity contribution in [2.45, 2.75) is 32.4 Å². The predicted octanol–water partition coefficient (Wildman–Crippen LogP) is 2.60. The van der Waals surface area contributed by atoms with E-state index in [1.165, 1.54) is 39.4 Å². The van der Waals surface area contributed by atoms with Gasteiger partial charge in [-0.25, -0.2) is 0 Å². The summed E-state index contributed by atoms with van der Waals surface area (Å²) in [6, 6.07) is 0.634. The van der Waals surface area contributed by atoms with Crippen molar-refractivity contribution in [1.82, 2.24) is 14.9 Å². The number of hydrogen-bond acceptors (Lipinski definition) is 6. The van der Waals surface area contributed by atoms with Gasteiger partial charge in [0.15, 0.2) is 0 Å². The Balaban J connectivity index is 1.86. The fraction of sp³-hybridized carbons (Fsp3) is 0.818. The number of aromatic nitrogens is 2. The maximum Gasteiger partial charge on any atom is 0.0826 e. The largest absolute Gasteiger partial charge is 0.307 e. The zero-order chi connectivity index (χ0) is 12.1. The van der Waals surface area contributed by atoms with Gasteiger partial charge in [-0.3, -0.25) is 0 Å². The highest BCUT2D eigenvalue weighted by Crippen LogP contribution is 2.21. The third-order valence-corrected chi connectivity index (χ3v) is 5.95. The molecule has 1 fully saturated rings. The summed E-state index contributed by atoms with van der Waals surface area (Å²) in [6.45, 7) is 5.28. The maximum atomic E-state index is 4.22. The summed E-state index contributed by atoms with van der Waals surface area (Å²) in [7, 11) is 0. The summed E-state index contributed by atoms with van der Waals surface area (Å²) in [5.41, 5.74) is 1.16. The Bertz CT molecular complexity index is 332.